The SMILES string of the molecule is Cc1cc(C(=O)N2C=C(C(=O)NC(C)C)C3=C(CN=C3)C(C)(C)C2)ccc1F. The van der Waals surface area contributed by atoms with Gasteiger partial charge in [-0.05, 0) is 50.1 Å². The zero-order valence-corrected chi connectivity index (χ0v) is 17.0. The van der Waals surface area contributed by atoms with Crippen molar-refractivity contribution in [3.63, 3.8) is 0 Å². The van der Waals surface area contributed by atoms with Crippen LogP contribution >= 0.6 is 0 Å². The molecule has 0 unspecified atom stereocenters. The molecule has 1 aromatic rings. The van der Waals surface area contributed by atoms with E-state index in [0.29, 0.717) is 29.8 Å². The molecule has 0 saturated carbocycles. The number of hydrogen-bond donors (Lipinski definition) is 1. The topological polar surface area (TPSA) is 61.8 Å². The van der Waals surface area contributed by atoms with Gasteiger partial charge in [0.05, 0.1) is 12.1 Å². The fourth-order valence-corrected chi connectivity index (χ4v) is 3.59. The quantitative estimate of drug-likeness (QED) is 0.870. The Kier molecular flexibility index (Phi) is 5.24. The van der Waals surface area contributed by atoms with Gasteiger partial charge in [0.15, 0.2) is 0 Å². The Bertz CT molecular complexity index is 926. The van der Waals surface area contributed by atoms with E-state index in [0.717, 1.165) is 11.1 Å². The number of halogens is 1. The van der Waals surface area contributed by atoms with Gasteiger partial charge in [-0.15, -0.1) is 0 Å². The van der Waals surface area contributed by atoms with Crippen molar-refractivity contribution in [3.8, 4) is 0 Å². The zero-order valence-electron chi connectivity index (χ0n) is 17.0. The molecule has 6 heteroatoms. The predicted octanol–water partition coefficient (Wildman–Crippen LogP) is 3.41. The summed E-state index contributed by atoms with van der Waals surface area (Å²) in [5.74, 6) is -0.845. The van der Waals surface area contributed by atoms with Crippen molar-refractivity contribution in [2.45, 2.75) is 40.7 Å². The number of carbonyl (C=O) groups excluding carboxylic acids is 2. The third kappa shape index (κ3) is 3.77. The van der Waals surface area contributed by atoms with Gasteiger partial charge >= 0.3 is 0 Å². The summed E-state index contributed by atoms with van der Waals surface area (Å²) in [7, 11) is 0. The van der Waals surface area contributed by atoms with Crippen LogP contribution in [-0.4, -0.2) is 42.1 Å². The van der Waals surface area contributed by atoms with Crippen LogP contribution in [0.25, 0.3) is 0 Å². The predicted molar refractivity (Wildman–Crippen MR) is 108 cm³/mol. The minimum absolute atomic E-state index is 0.0315. The van der Waals surface area contributed by atoms with E-state index in [1.165, 1.54) is 12.1 Å². The molecule has 2 aliphatic heterocycles. The molecule has 3 rings (SSSR count). The Morgan fingerprint density at radius 1 is 1.29 bits per heavy atom. The molecule has 0 bridgehead atoms. The van der Waals surface area contributed by atoms with Crippen molar-refractivity contribution in [2.75, 3.05) is 13.1 Å². The van der Waals surface area contributed by atoms with Gasteiger partial charge in [-0.2, -0.15) is 0 Å². The lowest BCUT2D eigenvalue weighted by atomic mass is 9.81. The molecule has 148 valence electrons. The van der Waals surface area contributed by atoms with Crippen LogP contribution in [0.1, 0.15) is 43.6 Å². The second kappa shape index (κ2) is 7.34. The molecule has 28 heavy (non-hydrogen) atoms. The summed E-state index contributed by atoms with van der Waals surface area (Å²) in [6.45, 7) is 10.4. The highest BCUT2D eigenvalue weighted by atomic mass is 19.1. The van der Waals surface area contributed by atoms with E-state index in [1.54, 1.807) is 30.3 Å². The number of carbonyl (C=O) groups is 2. The minimum atomic E-state index is -0.354. The monoisotopic (exact) mass is 383 g/mol. The highest BCUT2D eigenvalue weighted by Crippen LogP contribution is 2.38. The Morgan fingerprint density at radius 3 is 2.64 bits per heavy atom. The molecule has 0 atom stereocenters. The number of aliphatic imine (C=N–C) groups is 1. The Hall–Kier alpha value is -2.76. The molecule has 0 spiro atoms. The lowest BCUT2D eigenvalue weighted by Crippen LogP contribution is -2.36. The first kappa shape index (κ1) is 20.0. The average molecular weight is 383 g/mol. The number of hydrogen-bond acceptors (Lipinski definition) is 3. The lowest BCUT2D eigenvalue weighted by Gasteiger charge is -2.30. The van der Waals surface area contributed by atoms with Crippen LogP contribution in [0.4, 0.5) is 4.39 Å². The van der Waals surface area contributed by atoms with Gasteiger partial charge in [0.2, 0.25) is 0 Å². The van der Waals surface area contributed by atoms with Crippen molar-refractivity contribution in [2.24, 2.45) is 10.4 Å². The molecule has 0 aliphatic carbocycles. The van der Waals surface area contributed by atoms with Gasteiger partial charge in [-0.3, -0.25) is 14.6 Å². The number of nitrogens with one attached hydrogen (secondary N) is 1. The second-order valence-electron chi connectivity index (χ2n) is 8.31. The van der Waals surface area contributed by atoms with Gasteiger partial charge in [0.1, 0.15) is 5.82 Å². The largest absolute Gasteiger partial charge is 0.350 e. The zero-order chi connectivity index (χ0) is 20.6. The second-order valence-corrected chi connectivity index (χ2v) is 8.31. The van der Waals surface area contributed by atoms with Crippen LogP contribution in [0, 0.1) is 18.2 Å². The van der Waals surface area contributed by atoms with Crippen molar-refractivity contribution in [3.05, 3.63) is 58.1 Å². The summed E-state index contributed by atoms with van der Waals surface area (Å²) in [5.41, 5.74) is 2.71. The van der Waals surface area contributed by atoms with Crippen molar-refractivity contribution in [1.29, 1.82) is 0 Å². The highest BCUT2D eigenvalue weighted by Gasteiger charge is 2.37. The number of benzene rings is 1. The first-order valence-corrected chi connectivity index (χ1v) is 9.44. The number of amides is 2. The molecule has 2 heterocycles. The van der Waals surface area contributed by atoms with E-state index in [1.807, 2.05) is 27.7 Å². The van der Waals surface area contributed by atoms with Gasteiger partial charge in [0, 0.05) is 41.6 Å². The molecule has 0 aromatic heterocycles. The van der Waals surface area contributed by atoms with Crippen LogP contribution in [0.15, 0.2) is 46.1 Å². The normalized spacial score (nSPS) is 18.1. The maximum absolute atomic E-state index is 13.6. The molecule has 5 nitrogen and oxygen atoms in total. The van der Waals surface area contributed by atoms with Crippen LogP contribution < -0.4 is 5.32 Å². The Labute approximate surface area is 165 Å². The van der Waals surface area contributed by atoms with Crippen LogP contribution in [-0.2, 0) is 4.79 Å². The summed E-state index contributed by atoms with van der Waals surface area (Å²) in [6.07, 6.45) is 3.33. The van der Waals surface area contributed by atoms with Gasteiger partial charge in [-0.25, -0.2) is 4.39 Å². The van der Waals surface area contributed by atoms with Crippen LogP contribution in [0.2, 0.25) is 0 Å². The number of nitrogens with zero attached hydrogens (tertiary/aromatic N) is 2. The summed E-state index contributed by atoms with van der Waals surface area (Å²) < 4.78 is 13.6. The average Bonchev–Trinajstić information content (AvgIpc) is 3.06. The minimum Gasteiger partial charge on any atom is -0.350 e. The van der Waals surface area contributed by atoms with Crippen molar-refractivity contribution >= 4 is 18.0 Å². The van der Waals surface area contributed by atoms with E-state index in [9.17, 15) is 14.0 Å². The Morgan fingerprint density at radius 2 is 2.00 bits per heavy atom. The standard InChI is InChI=1S/C22H26FN3O2/c1-13(2)25-20(27)17-11-26(12-22(4,5)18-10-24-9-16(17)18)21(28)15-6-7-19(23)14(3)8-15/h6-9,11,13H,10,12H2,1-5H3,(H,25,27). The fraction of sp³-hybridized carbons (Fsp3) is 0.409. The maximum Gasteiger partial charge on any atom is 0.257 e. The third-order valence-corrected chi connectivity index (χ3v) is 5.08. The fourth-order valence-electron chi connectivity index (χ4n) is 3.59. The summed E-state index contributed by atoms with van der Waals surface area (Å²) in [5, 5.41) is 2.91. The first-order valence-electron chi connectivity index (χ1n) is 9.44. The molecule has 1 N–H and O–H groups in total. The maximum atomic E-state index is 13.6. The smallest absolute Gasteiger partial charge is 0.257 e. The molecular weight excluding hydrogens is 357 g/mol. The van der Waals surface area contributed by atoms with E-state index in [4.69, 9.17) is 0 Å². The number of aryl methyl sites for hydroxylation is 1. The summed E-state index contributed by atoms with van der Waals surface area (Å²) in [4.78, 5) is 32.0. The van der Waals surface area contributed by atoms with E-state index < -0.39 is 0 Å². The molecular formula is C22H26FN3O2. The molecule has 0 radical (unpaired) electrons. The number of rotatable bonds is 3. The van der Waals surface area contributed by atoms with Gasteiger partial charge in [0.25, 0.3) is 11.8 Å². The molecule has 1 aromatic carbocycles. The van der Waals surface area contributed by atoms with E-state index >= 15 is 0 Å². The molecule has 0 saturated heterocycles. The lowest BCUT2D eigenvalue weighted by molar-refractivity contribution is -0.117. The van der Waals surface area contributed by atoms with Crippen molar-refractivity contribution < 1.29 is 14.0 Å². The van der Waals surface area contributed by atoms with Crippen molar-refractivity contribution in [1.82, 2.24) is 10.2 Å². The first-order chi connectivity index (χ1) is 13.1. The highest BCUT2D eigenvalue weighted by molar-refractivity contribution is 6.08. The van der Waals surface area contributed by atoms with Gasteiger partial charge in [-0.1, -0.05) is 13.8 Å². The van der Waals surface area contributed by atoms with Gasteiger partial charge < -0.3 is 10.2 Å². The summed E-state index contributed by atoms with van der Waals surface area (Å²) >= 11 is 0. The Balaban J connectivity index is 2.06. The van der Waals surface area contributed by atoms with Crippen LogP contribution in [0.3, 0.4) is 0 Å². The van der Waals surface area contributed by atoms with Crippen LogP contribution in [0.5, 0.6) is 0 Å². The molecule has 2 amide bonds. The van der Waals surface area contributed by atoms with E-state index in [2.05, 4.69) is 10.3 Å². The molecule has 0 fully saturated rings. The summed E-state index contributed by atoms with van der Waals surface area (Å²) in [6, 6.07) is 4.29. The molecule has 2 aliphatic rings. The van der Waals surface area contributed by atoms with E-state index in [-0.39, 0.29) is 29.1 Å². The third-order valence-electron chi connectivity index (χ3n) is 5.08.